The van der Waals surface area contributed by atoms with Gasteiger partial charge in [0.25, 0.3) is 0 Å². The summed E-state index contributed by atoms with van der Waals surface area (Å²) in [5.74, 6) is 2.89. The molecule has 2 atom stereocenters. The Labute approximate surface area is 126 Å². The maximum Gasteiger partial charge on any atom is 0.228 e. The van der Waals surface area contributed by atoms with E-state index in [1.807, 2.05) is 11.8 Å². The van der Waals surface area contributed by atoms with Gasteiger partial charge in [-0.1, -0.05) is 39.3 Å². The molecule has 2 unspecified atom stereocenters. The molecule has 1 aliphatic rings. The van der Waals surface area contributed by atoms with Gasteiger partial charge in [0.2, 0.25) is 5.89 Å². The van der Waals surface area contributed by atoms with Crippen LogP contribution in [-0.4, -0.2) is 28.5 Å². The van der Waals surface area contributed by atoms with Gasteiger partial charge in [0.1, 0.15) is 0 Å². The van der Waals surface area contributed by atoms with Crippen molar-refractivity contribution in [3.05, 3.63) is 11.7 Å². The molecule has 0 bridgehead atoms. The van der Waals surface area contributed by atoms with Crippen molar-refractivity contribution < 1.29 is 4.52 Å². The van der Waals surface area contributed by atoms with Crippen molar-refractivity contribution in [1.29, 1.82) is 0 Å². The second-order valence-corrected chi connectivity index (χ2v) is 7.89. The van der Waals surface area contributed by atoms with Gasteiger partial charge in [-0.25, -0.2) is 0 Å². The van der Waals surface area contributed by atoms with Crippen LogP contribution >= 0.6 is 11.8 Å². The lowest BCUT2D eigenvalue weighted by Crippen LogP contribution is -2.41. The third-order valence-corrected chi connectivity index (χ3v) is 5.20. The Hall–Kier alpha value is -0.550. The second-order valence-electron chi connectivity index (χ2n) is 6.58. The van der Waals surface area contributed by atoms with Crippen molar-refractivity contribution in [2.24, 2.45) is 5.41 Å². The van der Waals surface area contributed by atoms with Gasteiger partial charge in [-0.15, -0.1) is 0 Å². The Morgan fingerprint density at radius 2 is 2.20 bits per heavy atom. The first-order valence-electron chi connectivity index (χ1n) is 7.68. The Morgan fingerprint density at radius 1 is 1.40 bits per heavy atom. The maximum atomic E-state index is 5.48. The van der Waals surface area contributed by atoms with Crippen LogP contribution in [0.1, 0.15) is 63.9 Å². The summed E-state index contributed by atoms with van der Waals surface area (Å²) in [5, 5.41) is 8.17. The number of thioether (sulfide) groups is 1. The second kappa shape index (κ2) is 6.94. The van der Waals surface area contributed by atoms with Crippen molar-refractivity contribution in [2.75, 3.05) is 12.3 Å². The Bertz CT molecular complexity index is 407. The minimum Gasteiger partial charge on any atom is -0.339 e. The van der Waals surface area contributed by atoms with Gasteiger partial charge in [0, 0.05) is 12.5 Å². The van der Waals surface area contributed by atoms with E-state index in [4.69, 9.17) is 4.52 Å². The van der Waals surface area contributed by atoms with Crippen molar-refractivity contribution >= 4 is 11.8 Å². The molecule has 1 aliphatic heterocycles. The average Bonchev–Trinajstić information content (AvgIpc) is 2.87. The maximum absolute atomic E-state index is 5.48. The van der Waals surface area contributed by atoms with E-state index in [-0.39, 0.29) is 5.41 Å². The molecule has 2 heterocycles. The summed E-state index contributed by atoms with van der Waals surface area (Å²) in [4.78, 5) is 4.63. The lowest BCUT2D eigenvalue weighted by atomic mass is 9.84. The van der Waals surface area contributed by atoms with Crippen molar-refractivity contribution in [1.82, 2.24) is 15.5 Å². The van der Waals surface area contributed by atoms with E-state index in [0.717, 1.165) is 24.7 Å². The van der Waals surface area contributed by atoms with Gasteiger partial charge >= 0.3 is 0 Å². The number of likely N-dealkylation sites (N-methyl/N-ethyl adjacent to an activating group) is 1. The molecule has 0 radical (unpaired) electrons. The molecule has 0 aliphatic carbocycles. The number of hydrogen-bond acceptors (Lipinski definition) is 5. The highest BCUT2D eigenvalue weighted by Crippen LogP contribution is 2.36. The first kappa shape index (κ1) is 15.8. The predicted molar refractivity (Wildman–Crippen MR) is 84.0 cm³/mol. The van der Waals surface area contributed by atoms with Crippen LogP contribution in [0.3, 0.4) is 0 Å². The first-order chi connectivity index (χ1) is 9.50. The van der Waals surface area contributed by atoms with Crippen molar-refractivity contribution in [3.63, 3.8) is 0 Å². The van der Waals surface area contributed by atoms with E-state index in [2.05, 4.69) is 43.2 Å². The van der Waals surface area contributed by atoms with Crippen LogP contribution in [0.4, 0.5) is 0 Å². The quantitative estimate of drug-likeness (QED) is 0.900. The number of hydrogen-bond donors (Lipinski definition) is 1. The van der Waals surface area contributed by atoms with Crippen LogP contribution < -0.4 is 5.32 Å². The Morgan fingerprint density at radius 3 is 2.80 bits per heavy atom. The van der Waals surface area contributed by atoms with Crippen LogP contribution in [0.25, 0.3) is 0 Å². The molecule has 0 aromatic carbocycles. The summed E-state index contributed by atoms with van der Waals surface area (Å²) < 4.78 is 5.48. The molecule has 0 spiro atoms. The molecule has 0 saturated carbocycles. The van der Waals surface area contributed by atoms with E-state index in [9.17, 15) is 0 Å². The van der Waals surface area contributed by atoms with E-state index in [1.165, 1.54) is 25.0 Å². The number of nitrogens with one attached hydrogen (secondary N) is 1. The smallest absolute Gasteiger partial charge is 0.228 e. The normalized spacial score (nSPS) is 21.9. The minimum absolute atomic E-state index is 0.185. The standard InChI is InChI=1S/C15H27N3OS/c1-5-16-12(15(2,3)4)10-13-17-14(18-19-13)11-8-6-7-9-20-11/h11-12,16H,5-10H2,1-4H3. The molecule has 1 aromatic heterocycles. The fourth-order valence-corrected chi connectivity index (χ4v) is 3.77. The molecular weight excluding hydrogens is 270 g/mol. The van der Waals surface area contributed by atoms with E-state index in [0.29, 0.717) is 11.3 Å². The van der Waals surface area contributed by atoms with E-state index < -0.39 is 0 Å². The van der Waals surface area contributed by atoms with E-state index >= 15 is 0 Å². The molecule has 1 N–H and O–H groups in total. The zero-order valence-electron chi connectivity index (χ0n) is 13.1. The van der Waals surface area contributed by atoms with Crippen LogP contribution in [0.15, 0.2) is 4.52 Å². The third-order valence-electron chi connectivity index (χ3n) is 3.83. The van der Waals surface area contributed by atoms with E-state index in [1.54, 1.807) is 0 Å². The largest absolute Gasteiger partial charge is 0.339 e. The summed E-state index contributed by atoms with van der Waals surface area (Å²) in [5.41, 5.74) is 0.185. The number of nitrogens with zero attached hydrogens (tertiary/aromatic N) is 2. The van der Waals surface area contributed by atoms with Gasteiger partial charge in [-0.3, -0.25) is 0 Å². The molecule has 1 fully saturated rings. The SMILES string of the molecule is CCNC(Cc1nc(C2CCCCS2)no1)C(C)(C)C. The highest BCUT2D eigenvalue weighted by atomic mass is 32.2. The molecule has 5 heteroatoms. The molecule has 114 valence electrons. The van der Waals surface area contributed by atoms with Crippen LogP contribution in [0.2, 0.25) is 0 Å². The first-order valence-corrected chi connectivity index (χ1v) is 8.73. The number of aromatic nitrogens is 2. The lowest BCUT2D eigenvalue weighted by Gasteiger charge is -2.30. The molecular formula is C15H27N3OS. The number of rotatable bonds is 5. The van der Waals surface area contributed by atoms with Gasteiger partial charge in [0.05, 0.1) is 5.25 Å². The predicted octanol–water partition coefficient (Wildman–Crippen LogP) is 3.59. The van der Waals surface area contributed by atoms with Crippen LogP contribution in [-0.2, 0) is 6.42 Å². The molecule has 20 heavy (non-hydrogen) atoms. The fraction of sp³-hybridized carbons (Fsp3) is 0.867. The fourth-order valence-electron chi connectivity index (χ4n) is 2.53. The van der Waals surface area contributed by atoms with Crippen LogP contribution in [0, 0.1) is 5.41 Å². The van der Waals surface area contributed by atoms with Crippen molar-refractivity contribution in [3.8, 4) is 0 Å². The molecule has 0 amide bonds. The highest BCUT2D eigenvalue weighted by molar-refractivity contribution is 7.99. The van der Waals surface area contributed by atoms with Gasteiger partial charge < -0.3 is 9.84 Å². The molecule has 1 aromatic rings. The zero-order chi connectivity index (χ0) is 14.6. The van der Waals surface area contributed by atoms with Crippen LogP contribution in [0.5, 0.6) is 0 Å². The minimum atomic E-state index is 0.185. The topological polar surface area (TPSA) is 51.0 Å². The summed E-state index contributed by atoms with van der Waals surface area (Å²) in [6.45, 7) is 9.83. The third kappa shape index (κ3) is 4.22. The van der Waals surface area contributed by atoms with Crippen molar-refractivity contribution in [2.45, 2.75) is 64.7 Å². The zero-order valence-corrected chi connectivity index (χ0v) is 13.9. The summed E-state index contributed by atoms with van der Waals surface area (Å²) in [6.07, 6.45) is 4.59. The van der Waals surface area contributed by atoms with Gasteiger partial charge in [0.15, 0.2) is 5.82 Å². The van der Waals surface area contributed by atoms with Gasteiger partial charge in [-0.2, -0.15) is 16.7 Å². The summed E-state index contributed by atoms with van der Waals surface area (Å²) >= 11 is 1.96. The van der Waals surface area contributed by atoms with Gasteiger partial charge in [-0.05, 0) is 30.6 Å². The summed E-state index contributed by atoms with van der Waals surface area (Å²) in [7, 11) is 0. The molecule has 4 nitrogen and oxygen atoms in total. The molecule has 1 saturated heterocycles. The lowest BCUT2D eigenvalue weighted by molar-refractivity contribution is 0.247. The highest BCUT2D eigenvalue weighted by Gasteiger charge is 2.27. The average molecular weight is 297 g/mol. The Kier molecular flexibility index (Phi) is 5.49. The monoisotopic (exact) mass is 297 g/mol. The molecule has 2 rings (SSSR count). The Balaban J connectivity index is 2.00. The summed E-state index contributed by atoms with van der Waals surface area (Å²) in [6, 6.07) is 0.361.